The Morgan fingerprint density at radius 1 is 1.50 bits per heavy atom. The number of carbonyl (C=O) groups is 1. The fraction of sp³-hybridized carbons (Fsp3) is 0.462. The molecule has 0 aromatic heterocycles. The van der Waals surface area contributed by atoms with E-state index in [0.717, 1.165) is 22.2 Å². The minimum atomic E-state index is 0.318. The summed E-state index contributed by atoms with van der Waals surface area (Å²) in [6, 6.07) is 5.78. The summed E-state index contributed by atoms with van der Waals surface area (Å²) in [5.74, 6) is 1.77. The van der Waals surface area contributed by atoms with Crippen molar-refractivity contribution in [2.75, 3.05) is 7.11 Å². The number of ketones is 1. The molecule has 0 heterocycles. The minimum absolute atomic E-state index is 0.318. The molecule has 1 aliphatic rings. The molecule has 1 aromatic carbocycles. The number of rotatable bonds is 5. The quantitative estimate of drug-likeness (QED) is 0.828. The van der Waals surface area contributed by atoms with Crippen molar-refractivity contribution < 1.29 is 9.53 Å². The first-order chi connectivity index (χ1) is 7.69. The smallest absolute Gasteiger partial charge is 0.137 e. The highest BCUT2D eigenvalue weighted by molar-refractivity contribution is 9.10. The summed E-state index contributed by atoms with van der Waals surface area (Å²) >= 11 is 3.41. The molecule has 0 radical (unpaired) electrons. The summed E-state index contributed by atoms with van der Waals surface area (Å²) in [6.07, 6.45) is 3.66. The Hall–Kier alpha value is -0.830. The second-order valence-corrected chi connectivity index (χ2v) is 5.23. The van der Waals surface area contributed by atoms with Crippen molar-refractivity contribution >= 4 is 21.7 Å². The van der Waals surface area contributed by atoms with Crippen LogP contribution in [0.4, 0.5) is 0 Å². The van der Waals surface area contributed by atoms with Gasteiger partial charge in [0.2, 0.25) is 0 Å². The number of hydrogen-bond acceptors (Lipinski definition) is 2. The molecule has 1 aliphatic carbocycles. The van der Waals surface area contributed by atoms with Gasteiger partial charge in [-0.3, -0.25) is 4.79 Å². The third-order valence-electron chi connectivity index (χ3n) is 2.84. The molecule has 16 heavy (non-hydrogen) atoms. The van der Waals surface area contributed by atoms with Gasteiger partial charge in [0.25, 0.3) is 0 Å². The van der Waals surface area contributed by atoms with Crippen LogP contribution in [0.15, 0.2) is 22.7 Å². The van der Waals surface area contributed by atoms with Gasteiger partial charge in [0.15, 0.2) is 0 Å². The highest BCUT2D eigenvalue weighted by Gasteiger charge is 2.24. The Morgan fingerprint density at radius 3 is 2.88 bits per heavy atom. The van der Waals surface area contributed by atoms with Gasteiger partial charge in [-0.1, -0.05) is 15.9 Å². The van der Waals surface area contributed by atoms with Crippen molar-refractivity contribution in [1.82, 2.24) is 0 Å². The van der Waals surface area contributed by atoms with E-state index in [-0.39, 0.29) is 0 Å². The molecule has 1 aromatic rings. The molecule has 0 aliphatic heterocycles. The van der Waals surface area contributed by atoms with E-state index in [1.807, 2.05) is 18.2 Å². The molecule has 86 valence electrons. The number of Topliss-reactive ketones (excluding diaryl/α,β-unsaturated/α-hetero) is 1. The van der Waals surface area contributed by atoms with E-state index >= 15 is 0 Å². The summed E-state index contributed by atoms with van der Waals surface area (Å²) in [5, 5.41) is 0. The zero-order valence-corrected chi connectivity index (χ0v) is 10.9. The second kappa shape index (κ2) is 5.00. The Labute approximate surface area is 104 Å². The van der Waals surface area contributed by atoms with E-state index in [2.05, 4.69) is 15.9 Å². The Morgan fingerprint density at radius 2 is 2.25 bits per heavy atom. The van der Waals surface area contributed by atoms with Crippen LogP contribution in [-0.4, -0.2) is 12.9 Å². The number of ether oxygens (including phenoxy) is 1. The molecule has 0 bridgehead atoms. The zero-order valence-electron chi connectivity index (χ0n) is 9.33. The van der Waals surface area contributed by atoms with Crippen molar-refractivity contribution in [1.29, 1.82) is 0 Å². The van der Waals surface area contributed by atoms with Gasteiger partial charge in [0.1, 0.15) is 11.5 Å². The fourth-order valence-corrected chi connectivity index (χ4v) is 2.22. The minimum Gasteiger partial charge on any atom is -0.496 e. The van der Waals surface area contributed by atoms with Crippen LogP contribution in [0, 0.1) is 5.92 Å². The molecule has 0 saturated heterocycles. The molecule has 0 spiro atoms. The molecule has 0 unspecified atom stereocenters. The van der Waals surface area contributed by atoms with Crippen molar-refractivity contribution in [2.45, 2.75) is 25.7 Å². The lowest BCUT2D eigenvalue weighted by molar-refractivity contribution is -0.118. The van der Waals surface area contributed by atoms with Crippen LogP contribution in [0.3, 0.4) is 0 Å². The van der Waals surface area contributed by atoms with Crippen LogP contribution in [-0.2, 0) is 11.2 Å². The lowest BCUT2D eigenvalue weighted by Crippen LogP contribution is -2.05. The highest BCUT2D eigenvalue weighted by atomic mass is 79.9. The fourth-order valence-electron chi connectivity index (χ4n) is 1.81. The van der Waals surface area contributed by atoms with Crippen LogP contribution in [0.2, 0.25) is 0 Å². The van der Waals surface area contributed by atoms with Gasteiger partial charge in [-0.2, -0.15) is 0 Å². The molecular weight excluding hydrogens is 268 g/mol. The van der Waals surface area contributed by atoms with Gasteiger partial charge in [-0.05, 0) is 37.0 Å². The average Bonchev–Trinajstić information content (AvgIpc) is 3.02. The number of carbonyl (C=O) groups excluding carboxylic acids is 1. The maximum atomic E-state index is 11.8. The highest BCUT2D eigenvalue weighted by Crippen LogP contribution is 2.33. The molecule has 0 N–H and O–H groups in total. The van der Waals surface area contributed by atoms with E-state index in [4.69, 9.17) is 4.74 Å². The predicted octanol–water partition coefficient (Wildman–Crippen LogP) is 3.37. The zero-order chi connectivity index (χ0) is 11.5. The summed E-state index contributed by atoms with van der Waals surface area (Å²) in [4.78, 5) is 11.8. The first kappa shape index (κ1) is 11.6. The summed E-state index contributed by atoms with van der Waals surface area (Å²) in [7, 11) is 1.64. The van der Waals surface area contributed by atoms with Crippen molar-refractivity contribution in [3.63, 3.8) is 0 Å². The first-order valence-corrected chi connectivity index (χ1v) is 6.32. The van der Waals surface area contributed by atoms with Gasteiger partial charge < -0.3 is 4.74 Å². The summed E-state index contributed by atoms with van der Waals surface area (Å²) in [5.41, 5.74) is 0.975. The molecule has 0 amide bonds. The average molecular weight is 283 g/mol. The van der Waals surface area contributed by atoms with E-state index in [9.17, 15) is 4.79 Å². The number of halogens is 1. The van der Waals surface area contributed by atoms with Crippen LogP contribution in [0.1, 0.15) is 24.8 Å². The van der Waals surface area contributed by atoms with E-state index in [1.54, 1.807) is 7.11 Å². The molecule has 2 nitrogen and oxygen atoms in total. The normalized spacial score (nSPS) is 14.9. The third-order valence-corrected chi connectivity index (χ3v) is 3.34. The van der Waals surface area contributed by atoms with Gasteiger partial charge in [-0.25, -0.2) is 0 Å². The Bertz CT molecular complexity index is 397. The first-order valence-electron chi connectivity index (χ1n) is 5.53. The number of methoxy groups -OCH3 is 1. The topological polar surface area (TPSA) is 26.3 Å². The second-order valence-electron chi connectivity index (χ2n) is 4.32. The molecule has 0 atom stereocenters. The number of hydrogen-bond donors (Lipinski definition) is 0. The predicted molar refractivity (Wildman–Crippen MR) is 66.7 cm³/mol. The lowest BCUT2D eigenvalue weighted by atomic mass is 10.0. The molecule has 2 rings (SSSR count). The Balaban J connectivity index is 2.05. The van der Waals surface area contributed by atoms with Crippen molar-refractivity contribution in [3.05, 3.63) is 28.2 Å². The summed E-state index contributed by atoms with van der Waals surface area (Å²) < 4.78 is 6.24. The maximum absolute atomic E-state index is 11.8. The van der Waals surface area contributed by atoms with Crippen molar-refractivity contribution in [3.8, 4) is 5.75 Å². The van der Waals surface area contributed by atoms with Crippen molar-refractivity contribution in [2.24, 2.45) is 5.92 Å². The standard InChI is InChI=1S/C13H15BrO2/c1-16-13-5-4-11(14)7-10(13)8-12(15)6-9-2-3-9/h4-5,7,9H,2-3,6,8H2,1H3. The monoisotopic (exact) mass is 282 g/mol. The van der Waals surface area contributed by atoms with Gasteiger partial charge in [0.05, 0.1) is 7.11 Å². The number of benzene rings is 1. The molecule has 3 heteroatoms. The van der Waals surface area contributed by atoms with Gasteiger partial charge in [-0.15, -0.1) is 0 Å². The van der Waals surface area contributed by atoms with Crippen LogP contribution in [0.5, 0.6) is 5.75 Å². The Kier molecular flexibility index (Phi) is 3.64. The van der Waals surface area contributed by atoms with Gasteiger partial charge >= 0.3 is 0 Å². The third kappa shape index (κ3) is 3.08. The largest absolute Gasteiger partial charge is 0.496 e. The molecular formula is C13H15BrO2. The SMILES string of the molecule is COc1ccc(Br)cc1CC(=O)CC1CC1. The lowest BCUT2D eigenvalue weighted by Gasteiger charge is -2.08. The molecule has 1 fully saturated rings. The summed E-state index contributed by atoms with van der Waals surface area (Å²) in [6.45, 7) is 0. The van der Waals surface area contributed by atoms with E-state index in [1.165, 1.54) is 12.8 Å². The van der Waals surface area contributed by atoms with Crippen LogP contribution < -0.4 is 4.74 Å². The maximum Gasteiger partial charge on any atom is 0.137 e. The van der Waals surface area contributed by atoms with E-state index in [0.29, 0.717) is 18.1 Å². The van der Waals surface area contributed by atoms with Crippen LogP contribution in [0.25, 0.3) is 0 Å². The van der Waals surface area contributed by atoms with Crippen LogP contribution >= 0.6 is 15.9 Å². The van der Waals surface area contributed by atoms with E-state index < -0.39 is 0 Å². The van der Waals surface area contributed by atoms with Gasteiger partial charge in [0, 0.05) is 22.9 Å². The molecule has 1 saturated carbocycles.